The van der Waals surface area contributed by atoms with Crippen molar-refractivity contribution in [3.8, 4) is 0 Å². The van der Waals surface area contributed by atoms with E-state index in [9.17, 15) is 8.42 Å². The van der Waals surface area contributed by atoms with Gasteiger partial charge in [0.15, 0.2) is 0 Å². The Morgan fingerprint density at radius 3 is 2.18 bits per heavy atom. The molecule has 1 fully saturated rings. The predicted molar refractivity (Wildman–Crippen MR) is 72.9 cm³/mol. The van der Waals surface area contributed by atoms with Crippen LogP contribution in [0.1, 0.15) is 46.5 Å². The van der Waals surface area contributed by atoms with Crippen LogP contribution in [0.2, 0.25) is 0 Å². The van der Waals surface area contributed by atoms with Crippen LogP contribution in [0.5, 0.6) is 0 Å². The predicted octanol–water partition coefficient (Wildman–Crippen LogP) is 2.22. The first-order valence-electron chi connectivity index (χ1n) is 6.70. The van der Waals surface area contributed by atoms with Crippen LogP contribution in [0, 0.1) is 11.8 Å². The van der Waals surface area contributed by atoms with Gasteiger partial charge in [-0.2, -0.15) is 0 Å². The standard InChI is InChI=1S/C13H27NO2S/c1-10-7-11(2)9-13(8-10)14-12(3)5-6-17(4,15)16/h10-14H,5-9H2,1-4H3/t10-,11+,12-,13?/m0/s1. The normalized spacial score (nSPS) is 32.4. The van der Waals surface area contributed by atoms with E-state index in [4.69, 9.17) is 0 Å². The molecule has 0 aromatic carbocycles. The summed E-state index contributed by atoms with van der Waals surface area (Å²) in [6.45, 7) is 6.71. The summed E-state index contributed by atoms with van der Waals surface area (Å²) in [6.07, 6.45) is 5.82. The van der Waals surface area contributed by atoms with Crippen molar-refractivity contribution >= 4 is 9.84 Å². The van der Waals surface area contributed by atoms with Crippen molar-refractivity contribution < 1.29 is 8.42 Å². The van der Waals surface area contributed by atoms with Crippen LogP contribution in [0.15, 0.2) is 0 Å². The highest BCUT2D eigenvalue weighted by Crippen LogP contribution is 2.28. The van der Waals surface area contributed by atoms with Crippen LogP contribution in [0.3, 0.4) is 0 Å². The third-order valence-corrected chi connectivity index (χ3v) is 4.60. The minimum Gasteiger partial charge on any atom is -0.311 e. The lowest BCUT2D eigenvalue weighted by molar-refractivity contribution is 0.227. The van der Waals surface area contributed by atoms with E-state index in [1.54, 1.807) is 0 Å². The number of hydrogen-bond donors (Lipinski definition) is 1. The van der Waals surface area contributed by atoms with E-state index in [-0.39, 0.29) is 0 Å². The van der Waals surface area contributed by atoms with Gasteiger partial charge in [0.05, 0.1) is 5.75 Å². The third kappa shape index (κ3) is 6.41. The molecule has 0 aliphatic heterocycles. The van der Waals surface area contributed by atoms with Crippen molar-refractivity contribution in [1.82, 2.24) is 5.32 Å². The summed E-state index contributed by atoms with van der Waals surface area (Å²) in [5.41, 5.74) is 0. The Morgan fingerprint density at radius 1 is 1.18 bits per heavy atom. The molecule has 102 valence electrons. The van der Waals surface area contributed by atoms with Crippen molar-refractivity contribution in [3.63, 3.8) is 0 Å². The van der Waals surface area contributed by atoms with E-state index in [0.29, 0.717) is 17.8 Å². The molecule has 1 rings (SSSR count). The molecule has 4 heteroatoms. The fourth-order valence-corrected chi connectivity index (χ4v) is 3.74. The second-order valence-corrected chi connectivity index (χ2v) is 8.36. The van der Waals surface area contributed by atoms with Crippen LogP contribution in [0.25, 0.3) is 0 Å². The van der Waals surface area contributed by atoms with Crippen LogP contribution in [0.4, 0.5) is 0 Å². The molecule has 0 amide bonds. The van der Waals surface area contributed by atoms with Crippen LogP contribution >= 0.6 is 0 Å². The molecule has 1 aliphatic rings. The Balaban J connectivity index is 2.32. The van der Waals surface area contributed by atoms with Crippen molar-refractivity contribution in [2.24, 2.45) is 11.8 Å². The van der Waals surface area contributed by atoms with Gasteiger partial charge in [-0.3, -0.25) is 0 Å². The van der Waals surface area contributed by atoms with Gasteiger partial charge < -0.3 is 5.32 Å². The molecule has 0 spiro atoms. The average molecular weight is 261 g/mol. The first-order valence-corrected chi connectivity index (χ1v) is 8.76. The maximum Gasteiger partial charge on any atom is 0.147 e. The third-order valence-electron chi connectivity index (χ3n) is 3.62. The van der Waals surface area contributed by atoms with Gasteiger partial charge in [0.2, 0.25) is 0 Å². The second kappa shape index (κ2) is 6.19. The van der Waals surface area contributed by atoms with Crippen molar-refractivity contribution in [2.75, 3.05) is 12.0 Å². The van der Waals surface area contributed by atoms with Gasteiger partial charge in [-0.05, 0) is 44.4 Å². The Kier molecular flexibility index (Phi) is 5.45. The fourth-order valence-electron chi connectivity index (χ4n) is 2.96. The molecule has 0 aromatic rings. The molecule has 0 heterocycles. The minimum absolute atomic E-state index is 0.291. The summed E-state index contributed by atoms with van der Waals surface area (Å²) >= 11 is 0. The maximum absolute atomic E-state index is 11.1. The molecule has 1 saturated carbocycles. The van der Waals surface area contributed by atoms with Gasteiger partial charge in [0.25, 0.3) is 0 Å². The molecule has 3 nitrogen and oxygen atoms in total. The molecule has 0 saturated heterocycles. The van der Waals surface area contributed by atoms with E-state index in [0.717, 1.165) is 18.3 Å². The summed E-state index contributed by atoms with van der Waals surface area (Å²) in [5, 5.41) is 3.59. The van der Waals surface area contributed by atoms with Crippen molar-refractivity contribution in [1.29, 1.82) is 0 Å². The SMILES string of the molecule is C[C@@H]1CC(N[C@@H](C)CCS(C)(=O)=O)C[C@H](C)C1. The van der Waals surface area contributed by atoms with E-state index in [1.807, 2.05) is 0 Å². The molecule has 0 radical (unpaired) electrons. The molecule has 17 heavy (non-hydrogen) atoms. The summed E-state index contributed by atoms with van der Waals surface area (Å²) in [4.78, 5) is 0. The largest absolute Gasteiger partial charge is 0.311 e. The molecule has 1 unspecified atom stereocenters. The van der Waals surface area contributed by atoms with Crippen LogP contribution < -0.4 is 5.32 Å². The summed E-state index contributed by atoms with van der Waals surface area (Å²) in [5.74, 6) is 1.87. The summed E-state index contributed by atoms with van der Waals surface area (Å²) in [7, 11) is -2.82. The molecule has 1 N–H and O–H groups in total. The highest BCUT2D eigenvalue weighted by molar-refractivity contribution is 7.90. The van der Waals surface area contributed by atoms with Crippen molar-refractivity contribution in [2.45, 2.75) is 58.5 Å². The lowest BCUT2D eigenvalue weighted by Crippen LogP contribution is -2.41. The molecular formula is C13H27NO2S. The van der Waals surface area contributed by atoms with Gasteiger partial charge >= 0.3 is 0 Å². The Hall–Kier alpha value is -0.0900. The minimum atomic E-state index is -2.82. The fraction of sp³-hybridized carbons (Fsp3) is 1.00. The first kappa shape index (κ1) is 15.0. The van der Waals surface area contributed by atoms with Gasteiger partial charge in [-0.15, -0.1) is 0 Å². The highest BCUT2D eigenvalue weighted by atomic mass is 32.2. The van der Waals surface area contributed by atoms with Gasteiger partial charge in [-0.1, -0.05) is 13.8 Å². The lowest BCUT2D eigenvalue weighted by atomic mass is 9.80. The van der Waals surface area contributed by atoms with Crippen molar-refractivity contribution in [3.05, 3.63) is 0 Å². The Morgan fingerprint density at radius 2 is 1.71 bits per heavy atom. The summed E-state index contributed by atoms with van der Waals surface area (Å²) in [6, 6.07) is 0.871. The Labute approximate surface area is 106 Å². The average Bonchev–Trinajstić information content (AvgIpc) is 2.11. The zero-order chi connectivity index (χ0) is 13.1. The molecule has 4 atom stereocenters. The number of nitrogens with one attached hydrogen (secondary N) is 1. The topological polar surface area (TPSA) is 46.2 Å². The highest BCUT2D eigenvalue weighted by Gasteiger charge is 2.24. The lowest BCUT2D eigenvalue weighted by Gasteiger charge is -2.34. The molecule has 1 aliphatic carbocycles. The smallest absolute Gasteiger partial charge is 0.147 e. The van der Waals surface area contributed by atoms with E-state index >= 15 is 0 Å². The molecule has 0 aromatic heterocycles. The van der Waals surface area contributed by atoms with E-state index in [2.05, 4.69) is 26.1 Å². The van der Waals surface area contributed by atoms with Gasteiger partial charge in [0, 0.05) is 18.3 Å². The van der Waals surface area contributed by atoms with Gasteiger partial charge in [-0.25, -0.2) is 8.42 Å². The maximum atomic E-state index is 11.1. The van der Waals surface area contributed by atoms with E-state index in [1.165, 1.54) is 25.5 Å². The van der Waals surface area contributed by atoms with Crippen LogP contribution in [-0.2, 0) is 9.84 Å². The quantitative estimate of drug-likeness (QED) is 0.825. The zero-order valence-corrected chi connectivity index (χ0v) is 12.4. The zero-order valence-electron chi connectivity index (χ0n) is 11.6. The summed E-state index contributed by atoms with van der Waals surface area (Å²) < 4.78 is 22.2. The number of sulfone groups is 1. The van der Waals surface area contributed by atoms with E-state index < -0.39 is 9.84 Å². The number of hydrogen-bond acceptors (Lipinski definition) is 3. The van der Waals surface area contributed by atoms with Gasteiger partial charge in [0.1, 0.15) is 9.84 Å². The molecule has 0 bridgehead atoms. The monoisotopic (exact) mass is 261 g/mol. The number of rotatable bonds is 5. The van der Waals surface area contributed by atoms with Crippen LogP contribution in [-0.4, -0.2) is 32.5 Å². The molecular weight excluding hydrogens is 234 g/mol. The second-order valence-electron chi connectivity index (χ2n) is 6.10. The Bertz CT molecular complexity index is 316. The first-order chi connectivity index (χ1) is 7.76.